The topological polar surface area (TPSA) is 74.8 Å². The lowest BCUT2D eigenvalue weighted by Crippen LogP contribution is -2.25. The molecular formula is C13H12BrN3O2S2. The molecule has 0 radical (unpaired) electrons. The molecule has 0 amide bonds. The van der Waals surface area contributed by atoms with Crippen LogP contribution in [0.2, 0.25) is 0 Å². The molecule has 3 aromatic rings. The van der Waals surface area contributed by atoms with Gasteiger partial charge >= 0.3 is 0 Å². The van der Waals surface area contributed by atoms with E-state index in [9.17, 15) is 8.42 Å². The Kier molecular flexibility index (Phi) is 4.12. The van der Waals surface area contributed by atoms with E-state index in [2.05, 4.69) is 30.6 Å². The molecule has 0 aliphatic heterocycles. The number of sulfonamides is 1. The van der Waals surface area contributed by atoms with Crippen molar-refractivity contribution < 1.29 is 8.42 Å². The van der Waals surface area contributed by atoms with Gasteiger partial charge in [0, 0.05) is 24.3 Å². The molecule has 5 nitrogen and oxygen atoms in total. The molecule has 2 N–H and O–H groups in total. The molecule has 0 saturated carbocycles. The summed E-state index contributed by atoms with van der Waals surface area (Å²) in [6.45, 7) is 0.347. The van der Waals surface area contributed by atoms with E-state index in [1.165, 1.54) is 11.3 Å². The van der Waals surface area contributed by atoms with Crippen LogP contribution in [-0.2, 0) is 16.4 Å². The maximum Gasteiger partial charge on any atom is 0.250 e. The van der Waals surface area contributed by atoms with Gasteiger partial charge in [-0.1, -0.05) is 0 Å². The van der Waals surface area contributed by atoms with Gasteiger partial charge in [-0.2, -0.15) is 0 Å². The van der Waals surface area contributed by atoms with E-state index in [0.29, 0.717) is 17.2 Å². The third kappa shape index (κ3) is 3.18. The Morgan fingerprint density at radius 2 is 2.19 bits per heavy atom. The van der Waals surface area contributed by atoms with E-state index in [4.69, 9.17) is 0 Å². The largest absolute Gasteiger partial charge is 0.346 e. The van der Waals surface area contributed by atoms with Gasteiger partial charge in [-0.05, 0) is 52.2 Å². The predicted octanol–water partition coefficient (Wildman–Crippen LogP) is 2.91. The van der Waals surface area contributed by atoms with Gasteiger partial charge in [0.2, 0.25) is 10.0 Å². The SMILES string of the molecule is O=S(=O)(NCCc1c[nH]c2ncccc12)c1ccc(Br)s1. The number of hydrogen-bond donors (Lipinski definition) is 2. The lowest BCUT2D eigenvalue weighted by molar-refractivity contribution is 0.584. The molecule has 8 heteroatoms. The summed E-state index contributed by atoms with van der Waals surface area (Å²) in [6, 6.07) is 7.16. The van der Waals surface area contributed by atoms with Gasteiger partial charge in [0.05, 0.1) is 3.79 Å². The summed E-state index contributed by atoms with van der Waals surface area (Å²) in [5.74, 6) is 0. The van der Waals surface area contributed by atoms with Crippen LogP contribution in [0, 0.1) is 0 Å². The zero-order valence-electron chi connectivity index (χ0n) is 10.8. The first kappa shape index (κ1) is 14.7. The molecule has 3 aromatic heterocycles. The summed E-state index contributed by atoms with van der Waals surface area (Å²) in [4.78, 5) is 7.29. The van der Waals surface area contributed by atoms with Crippen LogP contribution in [0.3, 0.4) is 0 Å². The van der Waals surface area contributed by atoms with E-state index in [-0.39, 0.29) is 0 Å². The summed E-state index contributed by atoms with van der Waals surface area (Å²) < 4.78 is 27.9. The summed E-state index contributed by atoms with van der Waals surface area (Å²) in [5, 5.41) is 1.02. The van der Waals surface area contributed by atoms with Crippen LogP contribution in [0.5, 0.6) is 0 Å². The van der Waals surface area contributed by atoms with Gasteiger partial charge in [-0.25, -0.2) is 18.1 Å². The third-order valence-corrected chi connectivity index (χ3v) is 6.61. The van der Waals surface area contributed by atoms with Gasteiger partial charge in [0.15, 0.2) is 0 Å². The number of aromatic nitrogens is 2. The van der Waals surface area contributed by atoms with Gasteiger partial charge in [0.1, 0.15) is 9.86 Å². The minimum atomic E-state index is -3.43. The lowest BCUT2D eigenvalue weighted by atomic mass is 10.2. The van der Waals surface area contributed by atoms with Crippen LogP contribution in [0.4, 0.5) is 0 Å². The van der Waals surface area contributed by atoms with E-state index < -0.39 is 10.0 Å². The summed E-state index contributed by atoms with van der Waals surface area (Å²) in [6.07, 6.45) is 4.20. The Morgan fingerprint density at radius 1 is 1.33 bits per heavy atom. The van der Waals surface area contributed by atoms with Crippen LogP contribution < -0.4 is 4.72 Å². The molecule has 21 heavy (non-hydrogen) atoms. The summed E-state index contributed by atoms with van der Waals surface area (Å²) >= 11 is 4.46. The number of pyridine rings is 1. The highest BCUT2D eigenvalue weighted by molar-refractivity contribution is 9.11. The number of fused-ring (bicyclic) bond motifs is 1. The van der Waals surface area contributed by atoms with Crippen molar-refractivity contribution in [2.24, 2.45) is 0 Å². The Hall–Kier alpha value is -1.22. The number of H-pyrrole nitrogens is 1. The number of aromatic amines is 1. The molecule has 0 aliphatic carbocycles. The second-order valence-electron chi connectivity index (χ2n) is 4.42. The van der Waals surface area contributed by atoms with Crippen molar-refractivity contribution in [3.63, 3.8) is 0 Å². The Labute approximate surface area is 134 Å². The van der Waals surface area contributed by atoms with Crippen LogP contribution in [0.25, 0.3) is 11.0 Å². The fourth-order valence-corrected chi connectivity index (χ4v) is 5.14. The molecule has 3 rings (SSSR count). The molecule has 0 atom stereocenters. The van der Waals surface area contributed by atoms with Crippen molar-refractivity contribution in [1.82, 2.24) is 14.7 Å². The van der Waals surface area contributed by atoms with Crippen molar-refractivity contribution in [2.75, 3.05) is 6.54 Å². The number of thiophene rings is 1. The highest BCUT2D eigenvalue weighted by Crippen LogP contribution is 2.25. The van der Waals surface area contributed by atoms with Gasteiger partial charge in [0.25, 0.3) is 0 Å². The molecule has 0 unspecified atom stereocenters. The molecule has 3 heterocycles. The quantitative estimate of drug-likeness (QED) is 0.708. The van der Waals surface area contributed by atoms with Crippen LogP contribution in [-0.4, -0.2) is 24.9 Å². The van der Waals surface area contributed by atoms with Gasteiger partial charge in [-0.15, -0.1) is 11.3 Å². The number of rotatable bonds is 5. The third-order valence-electron chi connectivity index (χ3n) is 3.04. The number of nitrogens with one attached hydrogen (secondary N) is 2. The first-order chi connectivity index (χ1) is 10.1. The summed E-state index contributed by atoms with van der Waals surface area (Å²) in [5.41, 5.74) is 1.87. The molecule has 110 valence electrons. The number of halogens is 1. The minimum absolute atomic E-state index is 0.315. The molecule has 0 aromatic carbocycles. The maximum absolute atomic E-state index is 12.1. The highest BCUT2D eigenvalue weighted by Gasteiger charge is 2.16. The highest BCUT2D eigenvalue weighted by atomic mass is 79.9. The molecule has 0 saturated heterocycles. The molecule has 0 fully saturated rings. The second kappa shape index (κ2) is 5.88. The smallest absolute Gasteiger partial charge is 0.250 e. The molecule has 0 bridgehead atoms. The van der Waals surface area contributed by atoms with Crippen LogP contribution >= 0.6 is 27.3 Å². The normalized spacial score (nSPS) is 12.0. The number of nitrogens with zero attached hydrogens (tertiary/aromatic N) is 1. The first-order valence-electron chi connectivity index (χ1n) is 6.22. The molecule has 0 aliphatic rings. The Morgan fingerprint density at radius 3 is 2.95 bits per heavy atom. The summed E-state index contributed by atoms with van der Waals surface area (Å²) in [7, 11) is -3.43. The zero-order valence-corrected chi connectivity index (χ0v) is 14.1. The van der Waals surface area contributed by atoms with Crippen molar-refractivity contribution in [3.8, 4) is 0 Å². The molecule has 0 spiro atoms. The maximum atomic E-state index is 12.1. The van der Waals surface area contributed by atoms with E-state index in [1.807, 2.05) is 18.3 Å². The zero-order chi connectivity index (χ0) is 14.9. The lowest BCUT2D eigenvalue weighted by Gasteiger charge is -2.04. The molecular weight excluding hydrogens is 374 g/mol. The van der Waals surface area contributed by atoms with E-state index in [1.54, 1.807) is 18.3 Å². The van der Waals surface area contributed by atoms with Crippen molar-refractivity contribution in [3.05, 3.63) is 46.0 Å². The van der Waals surface area contributed by atoms with Gasteiger partial charge < -0.3 is 4.98 Å². The average Bonchev–Trinajstić information content (AvgIpc) is 3.06. The first-order valence-corrected chi connectivity index (χ1v) is 9.31. The van der Waals surface area contributed by atoms with Crippen molar-refractivity contribution in [2.45, 2.75) is 10.6 Å². The van der Waals surface area contributed by atoms with Crippen molar-refractivity contribution in [1.29, 1.82) is 0 Å². The van der Waals surface area contributed by atoms with Crippen molar-refractivity contribution >= 4 is 48.3 Å². The second-order valence-corrected chi connectivity index (χ2v) is 8.88. The van der Waals surface area contributed by atoms with E-state index in [0.717, 1.165) is 20.4 Å². The number of hydrogen-bond acceptors (Lipinski definition) is 4. The minimum Gasteiger partial charge on any atom is -0.346 e. The van der Waals surface area contributed by atoms with E-state index >= 15 is 0 Å². The van der Waals surface area contributed by atoms with Crippen LogP contribution in [0.1, 0.15) is 5.56 Å². The van der Waals surface area contributed by atoms with Gasteiger partial charge in [-0.3, -0.25) is 0 Å². The van der Waals surface area contributed by atoms with Crippen LogP contribution in [0.15, 0.2) is 44.7 Å². The Balaban J connectivity index is 1.69. The fourth-order valence-electron chi connectivity index (χ4n) is 2.05. The monoisotopic (exact) mass is 385 g/mol. The standard InChI is InChI=1S/C13H12BrN3O2S2/c14-11-3-4-12(20-11)21(18,19)17-7-5-9-8-16-13-10(9)2-1-6-15-13/h1-4,6,8,17H,5,7H2,(H,15,16). The Bertz CT molecular complexity index is 870. The average molecular weight is 386 g/mol. The predicted molar refractivity (Wildman–Crippen MR) is 87.0 cm³/mol. The fraction of sp³-hybridized carbons (Fsp3) is 0.154.